The van der Waals surface area contributed by atoms with Gasteiger partial charge in [0.15, 0.2) is 0 Å². The molecular formula is C21H18ClF3N2O3. The van der Waals surface area contributed by atoms with Gasteiger partial charge in [-0.05, 0) is 55.2 Å². The van der Waals surface area contributed by atoms with Gasteiger partial charge in [-0.2, -0.15) is 13.2 Å². The Labute approximate surface area is 175 Å². The SMILES string of the molecule is C[C@H](C(=O)Nc1cc(C(F)(F)F)ccc1Cl)N1C(=O)[C@@H]2[C@@H]3C=C[C@H]([C@H]4C[C@H]34)[C@@H]2C1=O. The number of halogens is 4. The number of rotatable bonds is 3. The number of amides is 3. The van der Waals surface area contributed by atoms with E-state index in [0.29, 0.717) is 11.8 Å². The molecule has 2 bridgehead atoms. The van der Waals surface area contributed by atoms with Crippen molar-refractivity contribution in [3.05, 3.63) is 40.9 Å². The van der Waals surface area contributed by atoms with Crippen molar-refractivity contribution in [3.8, 4) is 0 Å². The van der Waals surface area contributed by atoms with Crippen molar-refractivity contribution in [1.82, 2.24) is 4.90 Å². The Hall–Kier alpha value is -2.35. The second-order valence-electron chi connectivity index (χ2n) is 8.56. The number of benzene rings is 1. The van der Waals surface area contributed by atoms with Gasteiger partial charge in [-0.25, -0.2) is 0 Å². The summed E-state index contributed by atoms with van der Waals surface area (Å²) in [5.41, 5.74) is -1.18. The summed E-state index contributed by atoms with van der Waals surface area (Å²) in [6, 6.07) is 1.43. The summed E-state index contributed by atoms with van der Waals surface area (Å²) in [5.74, 6) is -1.45. The van der Waals surface area contributed by atoms with Gasteiger partial charge in [0.25, 0.3) is 0 Å². The molecule has 3 fully saturated rings. The summed E-state index contributed by atoms with van der Waals surface area (Å²) in [7, 11) is 0. The van der Waals surface area contributed by atoms with Crippen LogP contribution in [0.25, 0.3) is 0 Å². The summed E-state index contributed by atoms with van der Waals surface area (Å²) in [4.78, 5) is 39.9. The predicted octanol–water partition coefficient (Wildman–Crippen LogP) is 3.74. The van der Waals surface area contributed by atoms with E-state index in [9.17, 15) is 27.6 Å². The lowest BCUT2D eigenvalue weighted by Crippen LogP contribution is -2.46. The van der Waals surface area contributed by atoms with Crippen molar-refractivity contribution in [1.29, 1.82) is 0 Å². The molecule has 0 spiro atoms. The first-order chi connectivity index (χ1) is 14.1. The zero-order chi connectivity index (χ0) is 21.5. The van der Waals surface area contributed by atoms with Crippen LogP contribution in [0.2, 0.25) is 5.02 Å². The quantitative estimate of drug-likeness (QED) is 0.577. The van der Waals surface area contributed by atoms with Crippen LogP contribution < -0.4 is 5.32 Å². The molecule has 30 heavy (non-hydrogen) atoms. The first-order valence-electron chi connectivity index (χ1n) is 9.82. The van der Waals surface area contributed by atoms with E-state index in [1.165, 1.54) is 6.92 Å². The first kappa shape index (κ1) is 19.6. The number of likely N-dealkylation sites (tertiary alicyclic amines) is 1. The van der Waals surface area contributed by atoms with Crippen LogP contribution in [0.1, 0.15) is 18.9 Å². The van der Waals surface area contributed by atoms with E-state index in [4.69, 9.17) is 11.6 Å². The Morgan fingerprint density at radius 1 is 1.13 bits per heavy atom. The van der Waals surface area contributed by atoms with Gasteiger partial charge in [0.1, 0.15) is 6.04 Å². The van der Waals surface area contributed by atoms with Crippen LogP contribution in [0.15, 0.2) is 30.4 Å². The summed E-state index contributed by atoms with van der Waals surface area (Å²) in [6.07, 6.45) is 0.489. The van der Waals surface area contributed by atoms with Crippen LogP contribution >= 0.6 is 11.6 Å². The normalized spacial score (nSPS) is 34.6. The predicted molar refractivity (Wildman–Crippen MR) is 101 cm³/mol. The molecule has 7 atom stereocenters. The van der Waals surface area contributed by atoms with Crippen LogP contribution in [0.4, 0.5) is 18.9 Å². The number of anilines is 1. The third-order valence-corrected chi connectivity index (χ3v) is 7.34. The molecule has 0 aromatic heterocycles. The third kappa shape index (κ3) is 2.72. The molecule has 3 amide bonds. The van der Waals surface area contributed by atoms with Gasteiger partial charge in [-0.3, -0.25) is 19.3 Å². The molecule has 4 aliphatic carbocycles. The maximum Gasteiger partial charge on any atom is 0.416 e. The zero-order valence-electron chi connectivity index (χ0n) is 15.8. The molecule has 1 N–H and O–H groups in total. The van der Waals surface area contributed by atoms with E-state index in [-0.39, 0.29) is 34.4 Å². The number of nitrogens with one attached hydrogen (secondary N) is 1. The molecule has 5 aliphatic rings. The van der Waals surface area contributed by atoms with Crippen LogP contribution in [-0.2, 0) is 20.6 Å². The van der Waals surface area contributed by atoms with E-state index in [2.05, 4.69) is 5.32 Å². The van der Waals surface area contributed by atoms with Gasteiger partial charge >= 0.3 is 6.18 Å². The third-order valence-electron chi connectivity index (χ3n) is 7.02. The molecule has 1 saturated heterocycles. The molecule has 1 aromatic rings. The molecular weight excluding hydrogens is 421 g/mol. The molecule has 9 heteroatoms. The minimum atomic E-state index is -4.60. The minimum Gasteiger partial charge on any atom is -0.323 e. The van der Waals surface area contributed by atoms with Gasteiger partial charge in [0.05, 0.1) is 28.1 Å². The summed E-state index contributed by atoms with van der Waals surface area (Å²) in [6.45, 7) is 1.40. The Bertz CT molecular complexity index is 972. The van der Waals surface area contributed by atoms with E-state index >= 15 is 0 Å². The Morgan fingerprint density at radius 2 is 1.70 bits per heavy atom. The smallest absolute Gasteiger partial charge is 0.323 e. The second kappa shape index (κ2) is 6.33. The summed E-state index contributed by atoms with van der Waals surface area (Å²) in [5, 5.41) is 2.27. The van der Waals surface area contributed by atoms with Gasteiger partial charge in [-0.1, -0.05) is 23.8 Å². The van der Waals surface area contributed by atoms with Crippen molar-refractivity contribution >= 4 is 35.0 Å². The molecule has 1 aliphatic heterocycles. The average Bonchev–Trinajstić information content (AvgIpc) is 3.46. The number of hydrogen-bond acceptors (Lipinski definition) is 3. The van der Waals surface area contributed by atoms with E-state index in [1.54, 1.807) is 0 Å². The van der Waals surface area contributed by atoms with Gasteiger partial charge in [0.2, 0.25) is 17.7 Å². The maximum absolute atomic E-state index is 13.1. The molecule has 158 valence electrons. The van der Waals surface area contributed by atoms with E-state index in [1.807, 2.05) is 12.2 Å². The number of imide groups is 1. The van der Waals surface area contributed by atoms with Gasteiger partial charge in [-0.15, -0.1) is 0 Å². The van der Waals surface area contributed by atoms with Crippen molar-refractivity contribution in [2.24, 2.45) is 35.5 Å². The lowest BCUT2D eigenvalue weighted by atomic mass is 9.63. The zero-order valence-corrected chi connectivity index (χ0v) is 16.6. The van der Waals surface area contributed by atoms with Crippen molar-refractivity contribution < 1.29 is 27.6 Å². The first-order valence-corrected chi connectivity index (χ1v) is 10.2. The van der Waals surface area contributed by atoms with Crippen molar-refractivity contribution in [3.63, 3.8) is 0 Å². The van der Waals surface area contributed by atoms with E-state index in [0.717, 1.165) is 29.5 Å². The van der Waals surface area contributed by atoms with Crippen LogP contribution in [-0.4, -0.2) is 28.7 Å². The Kier molecular flexibility index (Phi) is 4.13. The minimum absolute atomic E-state index is 0.0274. The van der Waals surface area contributed by atoms with Gasteiger partial charge in [0, 0.05) is 0 Å². The Balaban J connectivity index is 1.37. The highest BCUT2D eigenvalue weighted by atomic mass is 35.5. The molecule has 2 saturated carbocycles. The van der Waals surface area contributed by atoms with Crippen LogP contribution in [0.3, 0.4) is 0 Å². The largest absolute Gasteiger partial charge is 0.416 e. The highest BCUT2D eigenvalue weighted by Gasteiger charge is 2.67. The average molecular weight is 439 g/mol. The summed E-state index contributed by atoms with van der Waals surface area (Å²) >= 11 is 5.94. The lowest BCUT2D eigenvalue weighted by Gasteiger charge is -2.37. The fourth-order valence-corrected chi connectivity index (χ4v) is 5.68. The number of hydrogen-bond donors (Lipinski definition) is 1. The Morgan fingerprint density at radius 3 is 2.23 bits per heavy atom. The molecule has 0 radical (unpaired) electrons. The topological polar surface area (TPSA) is 66.5 Å². The number of alkyl halides is 3. The van der Waals surface area contributed by atoms with Gasteiger partial charge < -0.3 is 5.32 Å². The number of nitrogens with zero attached hydrogens (tertiary/aromatic N) is 1. The number of carbonyl (C=O) groups excluding carboxylic acids is 3. The lowest BCUT2D eigenvalue weighted by molar-refractivity contribution is -0.146. The molecule has 1 heterocycles. The maximum atomic E-state index is 13.1. The van der Waals surface area contributed by atoms with E-state index < -0.39 is 35.5 Å². The van der Waals surface area contributed by atoms with Crippen molar-refractivity contribution in [2.75, 3.05) is 5.32 Å². The van der Waals surface area contributed by atoms with Crippen LogP contribution in [0.5, 0.6) is 0 Å². The number of carbonyl (C=O) groups is 3. The number of allylic oxidation sites excluding steroid dienone is 2. The molecule has 0 unspecified atom stereocenters. The molecule has 1 aromatic carbocycles. The van der Waals surface area contributed by atoms with Crippen molar-refractivity contribution in [2.45, 2.75) is 25.6 Å². The van der Waals surface area contributed by atoms with Crippen LogP contribution in [0, 0.1) is 35.5 Å². The standard InChI is InChI=1S/C21H18ClF3N2O3/c1-8(18(28)26-15-6-9(21(23,24)25)2-5-14(15)22)27-19(29)16-10-3-4-11(13-7-12(10)13)17(16)20(27)30/h2-6,8,10-13,16-17H,7H2,1H3,(H,26,28)/t8-,10-,11-,12-,13-,16-,17+/m1/s1. The second-order valence-corrected chi connectivity index (χ2v) is 8.97. The fraction of sp³-hybridized carbons (Fsp3) is 0.476. The molecule has 6 rings (SSSR count). The highest BCUT2D eigenvalue weighted by molar-refractivity contribution is 6.33. The fourth-order valence-electron chi connectivity index (χ4n) is 5.51. The monoisotopic (exact) mass is 438 g/mol. The summed E-state index contributed by atoms with van der Waals surface area (Å²) < 4.78 is 38.9. The molecule has 5 nitrogen and oxygen atoms in total. The highest BCUT2D eigenvalue weighted by Crippen LogP contribution is 2.65.